The standard InChI is InChI=1S/C44H27N5S/c1-3-12-28(13-4-1)32-16-7-8-18-36(32)43-47-41(29-14-5-2-6-15-29)46-42(48-43)30-21-23-34-35-24-22-31(27-40(35)50-39(34)26-30)49-38-20-10-9-17-33(38)37-19-11-25-45-44(37)49/h1-27H. The number of para-hydroxylation sites is 1. The smallest absolute Gasteiger partial charge is 0.164 e. The van der Waals surface area contributed by atoms with Crippen LogP contribution < -0.4 is 0 Å². The summed E-state index contributed by atoms with van der Waals surface area (Å²) in [5.41, 5.74) is 8.28. The Hall–Kier alpha value is -6.50. The lowest BCUT2D eigenvalue weighted by atomic mass is 9.99. The fraction of sp³-hybridized carbons (Fsp3) is 0. The molecule has 0 bridgehead atoms. The minimum Gasteiger partial charge on any atom is -0.294 e. The Balaban J connectivity index is 1.12. The van der Waals surface area contributed by atoms with E-state index in [2.05, 4.69) is 114 Å². The monoisotopic (exact) mass is 657 g/mol. The lowest BCUT2D eigenvalue weighted by molar-refractivity contribution is 1.07. The van der Waals surface area contributed by atoms with Gasteiger partial charge in [0.05, 0.1) is 5.52 Å². The molecule has 0 N–H and O–H groups in total. The van der Waals surface area contributed by atoms with E-state index >= 15 is 0 Å². The third-order valence-electron chi connectivity index (χ3n) is 9.33. The van der Waals surface area contributed by atoms with Crippen molar-refractivity contribution in [3.05, 3.63) is 164 Å². The van der Waals surface area contributed by atoms with E-state index in [1.165, 1.54) is 25.6 Å². The van der Waals surface area contributed by atoms with Gasteiger partial charge >= 0.3 is 0 Å². The van der Waals surface area contributed by atoms with E-state index in [0.717, 1.165) is 50.1 Å². The summed E-state index contributed by atoms with van der Waals surface area (Å²) in [7, 11) is 0. The predicted octanol–water partition coefficient (Wildman–Crippen LogP) is 11.4. The summed E-state index contributed by atoms with van der Waals surface area (Å²) in [4.78, 5) is 20.0. The summed E-state index contributed by atoms with van der Waals surface area (Å²) in [6.07, 6.45) is 1.87. The summed E-state index contributed by atoms with van der Waals surface area (Å²) in [6.45, 7) is 0. The van der Waals surface area contributed by atoms with E-state index in [9.17, 15) is 0 Å². The zero-order valence-electron chi connectivity index (χ0n) is 26.7. The van der Waals surface area contributed by atoms with Crippen molar-refractivity contribution in [2.75, 3.05) is 0 Å². The van der Waals surface area contributed by atoms with Crippen LogP contribution in [0.5, 0.6) is 0 Å². The molecule has 6 aromatic carbocycles. The van der Waals surface area contributed by atoms with Crippen molar-refractivity contribution in [2.45, 2.75) is 0 Å². The molecule has 0 saturated heterocycles. The number of nitrogens with zero attached hydrogens (tertiary/aromatic N) is 5. The van der Waals surface area contributed by atoms with Gasteiger partial charge in [0.1, 0.15) is 5.65 Å². The highest BCUT2D eigenvalue weighted by Crippen LogP contribution is 2.39. The maximum absolute atomic E-state index is 5.12. The first kappa shape index (κ1) is 28.5. The summed E-state index contributed by atoms with van der Waals surface area (Å²) in [5, 5.41) is 4.80. The number of pyridine rings is 1. The number of fused-ring (bicyclic) bond motifs is 6. The Bertz CT molecular complexity index is 2820. The minimum atomic E-state index is 0.646. The van der Waals surface area contributed by atoms with Crippen molar-refractivity contribution in [2.24, 2.45) is 0 Å². The van der Waals surface area contributed by atoms with Crippen LogP contribution in [0.3, 0.4) is 0 Å². The molecule has 0 aliphatic heterocycles. The van der Waals surface area contributed by atoms with E-state index in [4.69, 9.17) is 19.9 Å². The summed E-state index contributed by atoms with van der Waals surface area (Å²) in [5.74, 6) is 1.94. The maximum Gasteiger partial charge on any atom is 0.164 e. The number of benzene rings is 6. The molecule has 4 aromatic heterocycles. The van der Waals surface area contributed by atoms with Gasteiger partial charge in [-0.1, -0.05) is 121 Å². The molecule has 0 saturated carbocycles. The van der Waals surface area contributed by atoms with Crippen LogP contribution in [-0.2, 0) is 0 Å². The lowest BCUT2D eigenvalue weighted by Crippen LogP contribution is -2.01. The molecule has 6 heteroatoms. The van der Waals surface area contributed by atoms with Crippen molar-refractivity contribution < 1.29 is 0 Å². The van der Waals surface area contributed by atoms with Crippen LogP contribution in [0.2, 0.25) is 0 Å². The molecule has 0 spiro atoms. The van der Waals surface area contributed by atoms with Crippen LogP contribution in [0, 0.1) is 0 Å². The first-order valence-corrected chi connectivity index (χ1v) is 17.4. The Kier molecular flexibility index (Phi) is 6.60. The molecule has 0 unspecified atom stereocenters. The van der Waals surface area contributed by atoms with Gasteiger partial charge in [-0.2, -0.15) is 0 Å². The van der Waals surface area contributed by atoms with Crippen LogP contribution in [0.25, 0.3) is 93.1 Å². The molecular weight excluding hydrogens is 631 g/mol. The number of hydrogen-bond donors (Lipinski definition) is 0. The molecule has 234 valence electrons. The third kappa shape index (κ3) is 4.69. The predicted molar refractivity (Wildman–Crippen MR) is 207 cm³/mol. The fourth-order valence-electron chi connectivity index (χ4n) is 6.99. The molecule has 10 rings (SSSR count). The molecule has 0 radical (unpaired) electrons. The van der Waals surface area contributed by atoms with Crippen LogP contribution in [0.15, 0.2) is 164 Å². The van der Waals surface area contributed by atoms with Crippen molar-refractivity contribution in [3.8, 4) is 51.0 Å². The first-order chi connectivity index (χ1) is 24.8. The zero-order chi connectivity index (χ0) is 33.0. The second kappa shape index (κ2) is 11.6. The SMILES string of the molecule is c1ccc(-c2nc(-c3ccc4c(c3)sc3cc(-n5c6ccccc6c6cccnc65)ccc34)nc(-c3ccccc3-c3ccccc3)n2)cc1. The maximum atomic E-state index is 5.12. The van der Waals surface area contributed by atoms with Crippen LogP contribution in [0.1, 0.15) is 0 Å². The minimum absolute atomic E-state index is 0.646. The molecular formula is C44H27N5S. The highest BCUT2D eigenvalue weighted by molar-refractivity contribution is 7.25. The van der Waals surface area contributed by atoms with Gasteiger partial charge in [0.15, 0.2) is 17.5 Å². The van der Waals surface area contributed by atoms with Gasteiger partial charge in [-0.3, -0.25) is 4.57 Å². The second-order valence-corrected chi connectivity index (χ2v) is 13.4. The van der Waals surface area contributed by atoms with Gasteiger partial charge in [-0.05, 0) is 47.5 Å². The molecule has 0 amide bonds. The van der Waals surface area contributed by atoms with E-state index in [1.54, 1.807) is 11.3 Å². The Morgan fingerprint density at radius 3 is 1.86 bits per heavy atom. The molecule has 0 atom stereocenters. The van der Waals surface area contributed by atoms with Crippen molar-refractivity contribution in [1.82, 2.24) is 24.5 Å². The Morgan fingerprint density at radius 2 is 1.04 bits per heavy atom. The second-order valence-electron chi connectivity index (χ2n) is 12.3. The topological polar surface area (TPSA) is 56.5 Å². The van der Waals surface area contributed by atoms with E-state index in [-0.39, 0.29) is 0 Å². The Labute approximate surface area is 291 Å². The number of rotatable bonds is 5. The molecule has 10 aromatic rings. The van der Waals surface area contributed by atoms with Crippen molar-refractivity contribution in [1.29, 1.82) is 0 Å². The van der Waals surface area contributed by atoms with E-state index in [1.807, 2.05) is 54.7 Å². The van der Waals surface area contributed by atoms with Crippen LogP contribution >= 0.6 is 11.3 Å². The Morgan fingerprint density at radius 1 is 0.420 bits per heavy atom. The van der Waals surface area contributed by atoms with Crippen LogP contribution in [-0.4, -0.2) is 24.5 Å². The van der Waals surface area contributed by atoms with Gasteiger partial charge in [0, 0.05) is 59.5 Å². The van der Waals surface area contributed by atoms with Gasteiger partial charge in [0.2, 0.25) is 0 Å². The third-order valence-corrected chi connectivity index (χ3v) is 10.4. The fourth-order valence-corrected chi connectivity index (χ4v) is 8.17. The molecule has 0 aliphatic carbocycles. The molecule has 0 aliphatic rings. The highest BCUT2D eigenvalue weighted by Gasteiger charge is 2.18. The average molecular weight is 658 g/mol. The van der Waals surface area contributed by atoms with Crippen LogP contribution in [0.4, 0.5) is 0 Å². The summed E-state index contributed by atoms with van der Waals surface area (Å²) >= 11 is 1.79. The first-order valence-electron chi connectivity index (χ1n) is 16.6. The normalized spacial score (nSPS) is 11.6. The van der Waals surface area contributed by atoms with E-state index in [0.29, 0.717) is 17.5 Å². The quantitative estimate of drug-likeness (QED) is 0.185. The lowest BCUT2D eigenvalue weighted by Gasteiger charge is -2.12. The number of thiophene rings is 1. The highest BCUT2D eigenvalue weighted by atomic mass is 32.1. The summed E-state index contributed by atoms with van der Waals surface area (Å²) < 4.78 is 4.67. The van der Waals surface area contributed by atoms with Crippen molar-refractivity contribution in [3.63, 3.8) is 0 Å². The van der Waals surface area contributed by atoms with Gasteiger partial charge in [0.25, 0.3) is 0 Å². The average Bonchev–Trinajstić information content (AvgIpc) is 3.73. The molecule has 4 heterocycles. The molecule has 5 nitrogen and oxygen atoms in total. The largest absolute Gasteiger partial charge is 0.294 e. The van der Waals surface area contributed by atoms with Gasteiger partial charge < -0.3 is 0 Å². The molecule has 50 heavy (non-hydrogen) atoms. The zero-order valence-corrected chi connectivity index (χ0v) is 27.5. The number of aromatic nitrogens is 5. The van der Waals surface area contributed by atoms with Gasteiger partial charge in [-0.15, -0.1) is 11.3 Å². The molecule has 0 fully saturated rings. The van der Waals surface area contributed by atoms with Crippen molar-refractivity contribution >= 4 is 53.4 Å². The van der Waals surface area contributed by atoms with Gasteiger partial charge in [-0.25, -0.2) is 19.9 Å². The summed E-state index contributed by atoms with van der Waals surface area (Å²) in [6, 6.07) is 54.8. The number of hydrogen-bond acceptors (Lipinski definition) is 5. The van der Waals surface area contributed by atoms with E-state index < -0.39 is 0 Å².